The maximum absolute atomic E-state index is 5.01. The molecule has 1 atom stereocenters. The van der Waals surface area contributed by atoms with Crippen molar-refractivity contribution in [3.63, 3.8) is 0 Å². The fraction of sp³-hybridized carbons (Fsp3) is 0.444. The second-order valence-electron chi connectivity index (χ2n) is 5.78. The summed E-state index contributed by atoms with van der Waals surface area (Å²) in [5.41, 5.74) is 2.03. The van der Waals surface area contributed by atoms with E-state index in [-0.39, 0.29) is 0 Å². The van der Waals surface area contributed by atoms with Crippen LogP contribution in [-0.4, -0.2) is 25.5 Å². The van der Waals surface area contributed by atoms with Crippen LogP contribution in [0.25, 0.3) is 0 Å². The molecule has 2 aromatic heterocycles. The third kappa shape index (κ3) is 13.2. The summed E-state index contributed by atoms with van der Waals surface area (Å²) < 4.78 is 0. The van der Waals surface area contributed by atoms with Gasteiger partial charge in [0.25, 0.3) is 0 Å². The van der Waals surface area contributed by atoms with E-state index in [1.54, 1.807) is 0 Å². The Morgan fingerprint density at radius 1 is 0.923 bits per heavy atom. The van der Waals surface area contributed by atoms with Crippen molar-refractivity contribution in [1.29, 1.82) is 0 Å². The van der Waals surface area contributed by atoms with Gasteiger partial charge in [0.15, 0.2) is 0 Å². The standard InChI is InChI=1S/C18H25N3P.3ClH.Ta/c1-15-7-9-17(21-15)13-19-11-5-3-4-6-12-20-14-18-10-8-16(2)22-18;;;;/h7-10,13-14,22H,3-6,11-12H2,1-2H3;3*1H;/q-1;;;;+3/p-3. The summed E-state index contributed by atoms with van der Waals surface area (Å²) in [6.45, 7) is 6.02. The molecular formula is C18H25Cl3N3PTa-. The van der Waals surface area contributed by atoms with Crippen molar-refractivity contribution in [3.05, 3.63) is 46.2 Å². The minimum atomic E-state index is -2.18. The molecule has 0 bridgehead atoms. The molecule has 0 saturated heterocycles. The van der Waals surface area contributed by atoms with E-state index >= 15 is 0 Å². The van der Waals surface area contributed by atoms with E-state index in [9.17, 15) is 0 Å². The van der Waals surface area contributed by atoms with Gasteiger partial charge >= 0.3 is 42.8 Å². The molecule has 0 N–H and O–H groups in total. The SMILES string of the molecule is Cc1ccc(C=NCCCCCCN=Cc2ccc(C)[pH]2)[n-]1.[Cl][Ta]([Cl])[Cl]. The van der Waals surface area contributed by atoms with Crippen LogP contribution in [0, 0.1) is 13.8 Å². The van der Waals surface area contributed by atoms with Crippen LogP contribution < -0.4 is 4.98 Å². The molecule has 26 heavy (non-hydrogen) atoms. The van der Waals surface area contributed by atoms with Crippen molar-refractivity contribution in [2.75, 3.05) is 13.1 Å². The van der Waals surface area contributed by atoms with Gasteiger partial charge in [0.2, 0.25) is 0 Å². The van der Waals surface area contributed by atoms with Crippen LogP contribution in [0.3, 0.4) is 0 Å². The van der Waals surface area contributed by atoms with Gasteiger partial charge in [-0.15, -0.1) is 13.9 Å². The molecular weight excluding hydrogens is 576 g/mol. The summed E-state index contributed by atoms with van der Waals surface area (Å²) in [4.78, 5) is 13.3. The number of aliphatic imine (C=N–C) groups is 2. The Labute approximate surface area is 176 Å². The van der Waals surface area contributed by atoms with Crippen molar-refractivity contribution in [2.24, 2.45) is 9.98 Å². The summed E-state index contributed by atoms with van der Waals surface area (Å²) in [5.74, 6) is 0. The summed E-state index contributed by atoms with van der Waals surface area (Å²) >= 11 is -2.18. The quantitative estimate of drug-likeness (QED) is 0.240. The third-order valence-electron chi connectivity index (χ3n) is 3.43. The van der Waals surface area contributed by atoms with E-state index in [0.717, 1.165) is 39.1 Å². The van der Waals surface area contributed by atoms with Crippen LogP contribution in [0.2, 0.25) is 0 Å². The minimum absolute atomic E-state index is 0.827. The Morgan fingerprint density at radius 2 is 1.54 bits per heavy atom. The Bertz CT molecular complexity index is 611. The molecule has 2 heterocycles. The predicted octanol–water partition coefficient (Wildman–Crippen LogP) is 6.46. The molecule has 2 aromatic rings. The van der Waals surface area contributed by atoms with Crippen LogP contribution in [-0.2, 0) is 15.2 Å². The summed E-state index contributed by atoms with van der Waals surface area (Å²) in [6.07, 6.45) is 8.71. The number of halogens is 3. The van der Waals surface area contributed by atoms with Gasteiger partial charge in [-0.1, -0.05) is 38.0 Å². The van der Waals surface area contributed by atoms with Gasteiger partial charge in [-0.2, -0.15) is 5.69 Å². The molecule has 0 aromatic carbocycles. The van der Waals surface area contributed by atoms with Gasteiger partial charge in [-0.05, 0) is 31.1 Å². The summed E-state index contributed by atoms with van der Waals surface area (Å²) in [5, 5.41) is 2.82. The van der Waals surface area contributed by atoms with Gasteiger partial charge in [0.1, 0.15) is 0 Å². The average molecular weight is 602 g/mol. The van der Waals surface area contributed by atoms with Crippen molar-refractivity contribution in [1.82, 2.24) is 4.98 Å². The maximum atomic E-state index is 5.01. The van der Waals surface area contributed by atoms with Crippen molar-refractivity contribution in [3.8, 4) is 0 Å². The Hall–Kier alpha value is 0.0103. The van der Waals surface area contributed by atoms with E-state index in [2.05, 4.69) is 34.0 Å². The van der Waals surface area contributed by atoms with Gasteiger partial charge in [0, 0.05) is 30.8 Å². The molecule has 0 saturated carbocycles. The molecule has 0 fully saturated rings. The third-order valence-corrected chi connectivity index (χ3v) is 4.58. The number of nitrogens with zero attached hydrogens (tertiary/aromatic N) is 3. The first kappa shape index (κ1) is 24.0. The zero-order valence-electron chi connectivity index (χ0n) is 15.1. The van der Waals surface area contributed by atoms with Crippen molar-refractivity contribution >= 4 is 48.2 Å². The van der Waals surface area contributed by atoms with E-state index in [1.807, 2.05) is 31.5 Å². The second-order valence-corrected chi connectivity index (χ2v) is 21.3. The fourth-order valence-corrected chi connectivity index (χ4v) is 3.18. The first-order chi connectivity index (χ1) is 12.5. The van der Waals surface area contributed by atoms with E-state index in [0.29, 0.717) is 0 Å². The molecule has 1 unspecified atom stereocenters. The monoisotopic (exact) mass is 600 g/mol. The number of aromatic nitrogens is 1. The first-order valence-corrected chi connectivity index (χ1v) is 21.4. The molecule has 0 aliphatic carbocycles. The molecule has 3 nitrogen and oxygen atoms in total. The molecule has 0 spiro atoms. The molecule has 144 valence electrons. The number of aryl methyl sites for hydroxylation is 2. The van der Waals surface area contributed by atoms with Gasteiger partial charge in [-0.3, -0.25) is 9.98 Å². The van der Waals surface area contributed by atoms with Crippen LogP contribution in [0.15, 0.2) is 34.3 Å². The Balaban J connectivity index is 0.000000765. The van der Waals surface area contributed by atoms with Crippen LogP contribution in [0.4, 0.5) is 0 Å². The van der Waals surface area contributed by atoms with Crippen LogP contribution >= 0.6 is 35.8 Å². The normalized spacial score (nSPS) is 11.8. The number of hydrogen-bond donors (Lipinski definition) is 0. The van der Waals surface area contributed by atoms with Crippen molar-refractivity contribution in [2.45, 2.75) is 39.5 Å². The second kappa shape index (κ2) is 15.0. The average Bonchev–Trinajstić information content (AvgIpc) is 3.17. The van der Waals surface area contributed by atoms with Gasteiger partial charge < -0.3 is 4.98 Å². The van der Waals surface area contributed by atoms with Gasteiger partial charge in [0.05, 0.1) is 0 Å². The number of unbranched alkanes of at least 4 members (excludes halogenated alkanes) is 3. The predicted molar refractivity (Wildman–Crippen MR) is 116 cm³/mol. The first-order valence-electron chi connectivity index (χ1n) is 8.50. The Kier molecular flexibility index (Phi) is 13.9. The number of rotatable bonds is 9. The van der Waals surface area contributed by atoms with E-state index in [1.165, 1.54) is 29.9 Å². The van der Waals surface area contributed by atoms with Gasteiger partial charge in [-0.25, -0.2) is 0 Å². The molecule has 0 radical (unpaired) electrons. The summed E-state index contributed by atoms with van der Waals surface area (Å²) in [6, 6.07) is 8.39. The zero-order valence-corrected chi connectivity index (χ0v) is 21.6. The number of hydrogen-bond acceptors (Lipinski definition) is 2. The topological polar surface area (TPSA) is 38.8 Å². The Morgan fingerprint density at radius 3 is 2.04 bits per heavy atom. The van der Waals surface area contributed by atoms with Crippen LogP contribution in [0.5, 0.6) is 0 Å². The molecule has 2 rings (SSSR count). The summed E-state index contributed by atoms with van der Waals surface area (Å²) in [7, 11) is 15.9. The molecule has 8 heteroatoms. The zero-order chi connectivity index (χ0) is 19.2. The van der Waals surface area contributed by atoms with Crippen molar-refractivity contribution < 1.29 is 15.2 Å². The molecule has 0 aliphatic rings. The molecule has 0 aliphatic heterocycles. The van der Waals surface area contributed by atoms with Crippen LogP contribution in [0.1, 0.15) is 47.7 Å². The molecule has 0 amide bonds. The van der Waals surface area contributed by atoms with E-state index < -0.39 is 15.2 Å². The van der Waals surface area contributed by atoms with E-state index in [4.69, 9.17) is 27.6 Å². The fourth-order valence-electron chi connectivity index (χ4n) is 2.24.